The first-order valence-corrected chi connectivity index (χ1v) is 53.7. The Morgan fingerprint density at radius 3 is 0.863 bits per heavy atom. The minimum Gasteiger partial charge on any atom is -0.494 e. The Hall–Kier alpha value is -4.20. The average Bonchev–Trinajstić information content (AvgIpc) is 0.777. The van der Waals surface area contributed by atoms with E-state index in [9.17, 15) is 34.5 Å². The van der Waals surface area contributed by atoms with Crippen LogP contribution in [0, 0.1) is 5.41 Å². The molecule has 0 bridgehead atoms. The number of unbranched alkanes of at least 4 members (excludes halogenated alkanes) is 1. The molecule has 4 aromatic rings. The van der Waals surface area contributed by atoms with E-state index in [-0.39, 0.29) is 36.9 Å². The summed E-state index contributed by atoms with van der Waals surface area (Å²) < 4.78 is 77.4. The molecule has 27 heteroatoms. The van der Waals surface area contributed by atoms with Crippen molar-refractivity contribution in [1.29, 1.82) is 0 Å². The van der Waals surface area contributed by atoms with Gasteiger partial charge >= 0.3 is 68.5 Å². The predicted octanol–water partition coefficient (Wildman–Crippen LogP) is 15.7. The van der Waals surface area contributed by atoms with E-state index < -0.39 is 96.9 Å². The second-order valence-corrected chi connectivity index (χ2v) is 57.2. The third-order valence-corrected chi connectivity index (χ3v) is 47.6. The van der Waals surface area contributed by atoms with E-state index >= 15 is 0 Å². The highest BCUT2D eigenvalue weighted by Gasteiger charge is 2.58. The first-order chi connectivity index (χ1) is 42.9. The van der Waals surface area contributed by atoms with Gasteiger partial charge in [-0.3, -0.25) is 19.2 Å². The molecule has 0 radical (unpaired) electrons. The fourth-order valence-corrected chi connectivity index (χ4v) is 53.8. The summed E-state index contributed by atoms with van der Waals surface area (Å²) in [6.07, 6.45) is 3.75. The zero-order valence-corrected chi connectivity index (χ0v) is 68.6. The molecule has 2 fully saturated rings. The number of carbonyl (C=O) groups excluding carboxylic acids is 4. The van der Waals surface area contributed by atoms with Crippen LogP contribution < -0.4 is 18.9 Å². The highest BCUT2D eigenvalue weighted by molar-refractivity contribution is 6.94. The van der Waals surface area contributed by atoms with Crippen molar-refractivity contribution in [3.05, 3.63) is 132 Å². The number of ether oxygens (including phenoxy) is 4. The maximum absolute atomic E-state index is 12.7. The Morgan fingerprint density at radius 2 is 0.600 bits per heavy atom. The number of benzene rings is 4. The van der Waals surface area contributed by atoms with Crippen LogP contribution in [0.1, 0.15) is 151 Å². The summed E-state index contributed by atoms with van der Waals surface area (Å²) in [6.45, 7) is 50.3. The maximum atomic E-state index is 12.7. The quantitative estimate of drug-likeness (QED) is 0.0256. The topological polar surface area (TPSA) is 240 Å². The largest absolute Gasteiger partial charge is 0.494 e. The van der Waals surface area contributed by atoms with Crippen LogP contribution in [0.5, 0.6) is 23.0 Å². The van der Waals surface area contributed by atoms with Gasteiger partial charge < -0.3 is 67.2 Å². The highest BCUT2D eigenvalue weighted by atomic mass is 28.5. The molecular formula is C68H116O19Si8. The van der Waals surface area contributed by atoms with Gasteiger partial charge in [0.2, 0.25) is 0 Å². The normalized spacial score (nSPS) is 22.3. The van der Waals surface area contributed by atoms with Crippen molar-refractivity contribution in [2.24, 2.45) is 5.41 Å². The first-order valence-electron chi connectivity index (χ1n) is 32.3. The van der Waals surface area contributed by atoms with Gasteiger partial charge in [-0.2, -0.15) is 0 Å². The number of aliphatic hydroxyl groups is 3. The molecule has 4 unspecified atom stereocenters. The number of hydrogen-bond acceptors (Lipinski definition) is 19. The smallest absolute Gasteiger partial charge is 0.356 e. The van der Waals surface area contributed by atoms with Gasteiger partial charge in [0.15, 0.2) is 23.1 Å². The highest BCUT2D eigenvalue weighted by Crippen LogP contribution is 2.37. The van der Waals surface area contributed by atoms with Crippen LogP contribution in [0.25, 0.3) is 0 Å². The van der Waals surface area contributed by atoms with E-state index in [0.717, 1.165) is 37.2 Å². The SMILES string of the molecule is C.C=C.CCCCOc1ccc(C(=O)C(C)(C)C)cc1.CCC[Si]1(C)O[Si](C)(CCCOc2ccc(C(=O)C(C)(C)O)cc2)O[Si](C)(COc2ccc(C(=O)C(C)(C)O)cc2)O[Si](C)(COc2ccc(C(=O)C(C)(C)O)cc2)O1.C[Si]1(C)O[Si](C)(C)O[Si](C)(C)O[Si](C)(C)O1. The van der Waals surface area contributed by atoms with Crippen molar-refractivity contribution in [3.63, 3.8) is 0 Å². The van der Waals surface area contributed by atoms with Crippen molar-refractivity contribution in [2.75, 3.05) is 25.7 Å². The van der Waals surface area contributed by atoms with Crippen LogP contribution in [0.4, 0.5) is 0 Å². The third kappa shape index (κ3) is 29.6. The van der Waals surface area contributed by atoms with Crippen LogP contribution in [0.2, 0.25) is 90.7 Å². The van der Waals surface area contributed by atoms with Crippen molar-refractivity contribution in [2.45, 2.75) is 217 Å². The standard InChI is InChI=1S/C42H62O13Si4.C15H22O2.C8H24O4Si4.C2H4.CH4/c1-12-27-56(8)52-57(9,28-13-26-49-34-20-14-31(15-21-34)37(43)40(2,3)46)54-59(11,30-51-36-24-18-33(19-25-36)39(45)42(6,7)48)55-58(10,53-56)29-50-35-22-16-32(17-23-35)38(44)41(4,5)47;1-5-6-11-17-13-9-7-12(8-10-13)14(16)15(2,3)4;1-13(2)9-14(3,4)11-16(7,8)12-15(5,6)10-13;1-2;/h14-25,46-48H,12-13,26-30H2,1-11H3;7-10H,5-6,11H2,1-4H3;1-8H3;1-2H2;1H4. The third-order valence-electron chi connectivity index (χ3n) is 14.0. The molecule has 0 spiro atoms. The summed E-state index contributed by atoms with van der Waals surface area (Å²) >= 11 is 0. The van der Waals surface area contributed by atoms with Gasteiger partial charge in [-0.05, 0) is 242 Å². The van der Waals surface area contributed by atoms with Gasteiger partial charge in [0.1, 0.15) is 52.3 Å². The molecule has 3 N–H and O–H groups in total. The number of carbonyl (C=O) groups is 4. The lowest BCUT2D eigenvalue weighted by atomic mass is 9.86. The Kier molecular flexibility index (Phi) is 32.2. The molecule has 4 aromatic carbocycles. The van der Waals surface area contributed by atoms with Crippen LogP contribution in [-0.4, -0.2) is 149 Å². The van der Waals surface area contributed by atoms with E-state index in [1.165, 1.54) is 41.5 Å². The Labute approximate surface area is 577 Å². The molecule has 95 heavy (non-hydrogen) atoms. The molecule has 2 heterocycles. The minimum absolute atomic E-state index is 0. The molecule has 534 valence electrons. The zero-order valence-electron chi connectivity index (χ0n) is 60.6. The Morgan fingerprint density at radius 1 is 0.358 bits per heavy atom. The first kappa shape index (κ1) is 86.9. The second kappa shape index (κ2) is 35.2. The molecule has 0 amide bonds. The lowest BCUT2D eigenvalue weighted by molar-refractivity contribution is 0.0487. The van der Waals surface area contributed by atoms with Crippen molar-refractivity contribution in [1.82, 2.24) is 0 Å². The summed E-state index contributed by atoms with van der Waals surface area (Å²) in [4.78, 5) is 49.7. The number of rotatable bonds is 24. The predicted molar refractivity (Wildman–Crippen MR) is 396 cm³/mol. The van der Waals surface area contributed by atoms with E-state index in [1.54, 1.807) is 72.8 Å². The molecular weight excluding hydrogens is 1350 g/mol. The van der Waals surface area contributed by atoms with Gasteiger partial charge in [-0.1, -0.05) is 54.9 Å². The zero-order chi connectivity index (χ0) is 71.8. The molecule has 19 nitrogen and oxygen atoms in total. The van der Waals surface area contributed by atoms with Gasteiger partial charge in [0.05, 0.1) is 13.2 Å². The fourth-order valence-electron chi connectivity index (χ4n) is 10.8. The average molecular weight is 1460 g/mol. The van der Waals surface area contributed by atoms with Gasteiger partial charge in [-0.25, -0.2) is 0 Å². The van der Waals surface area contributed by atoms with E-state index in [2.05, 4.69) is 79.4 Å². The minimum atomic E-state index is -3.34. The molecule has 0 saturated carbocycles. The number of ketones is 4. The van der Waals surface area contributed by atoms with Gasteiger partial charge in [0.25, 0.3) is 0 Å². The summed E-state index contributed by atoms with van der Waals surface area (Å²) in [5.74, 6) is 1.39. The molecule has 2 aliphatic rings. The second-order valence-electron chi connectivity index (χ2n) is 28.8. The van der Waals surface area contributed by atoms with Crippen molar-refractivity contribution >= 4 is 91.6 Å². The Balaban J connectivity index is 0.000000689. The summed E-state index contributed by atoms with van der Waals surface area (Å²) in [5.41, 5.74) is -2.98. The van der Waals surface area contributed by atoms with Crippen molar-refractivity contribution in [3.8, 4) is 23.0 Å². The molecule has 6 rings (SSSR count). The van der Waals surface area contributed by atoms with Crippen LogP contribution in [0.3, 0.4) is 0 Å². The summed E-state index contributed by atoms with van der Waals surface area (Å²) in [6, 6.07) is 28.5. The van der Waals surface area contributed by atoms with E-state index in [1.807, 2.05) is 71.2 Å². The summed E-state index contributed by atoms with van der Waals surface area (Å²) in [7, 11) is -21.1. The van der Waals surface area contributed by atoms with Crippen molar-refractivity contribution < 1.29 is 86.4 Å². The van der Waals surface area contributed by atoms with E-state index in [0.29, 0.717) is 59.1 Å². The number of hydrogen-bond donors (Lipinski definition) is 3. The van der Waals surface area contributed by atoms with Crippen LogP contribution in [0.15, 0.2) is 110 Å². The van der Waals surface area contributed by atoms with Gasteiger partial charge in [-0.15, -0.1) is 13.2 Å². The van der Waals surface area contributed by atoms with Gasteiger partial charge in [0, 0.05) is 27.7 Å². The fraction of sp³-hybridized carbons (Fsp3) is 0.559. The summed E-state index contributed by atoms with van der Waals surface area (Å²) in [5, 5.41) is 30.5. The van der Waals surface area contributed by atoms with E-state index in [4.69, 9.17) is 51.9 Å². The molecule has 4 atom stereocenters. The molecule has 2 aliphatic heterocycles. The number of Topliss-reactive ketones (excluding diaryl/α,β-unsaturated/α-hetero) is 4. The molecule has 0 aromatic heterocycles. The molecule has 2 saturated heterocycles. The van der Waals surface area contributed by atoms with Crippen LogP contribution in [-0.2, 0) is 32.9 Å². The Bertz CT molecular complexity index is 3000. The van der Waals surface area contributed by atoms with Crippen LogP contribution >= 0.6 is 0 Å². The monoisotopic (exact) mass is 1460 g/mol. The lowest BCUT2D eigenvalue weighted by Gasteiger charge is -2.49. The molecule has 0 aliphatic carbocycles. The maximum Gasteiger partial charge on any atom is 0.356 e. The lowest BCUT2D eigenvalue weighted by Crippen LogP contribution is -2.70.